The van der Waals surface area contributed by atoms with Gasteiger partial charge in [-0.1, -0.05) is 20.8 Å². The van der Waals surface area contributed by atoms with Crippen LogP contribution in [-0.2, 0) is 19.6 Å². The highest BCUT2D eigenvalue weighted by Gasteiger charge is 2.57. The molecule has 2 aromatic heterocycles. The molecule has 3 heterocycles. The van der Waals surface area contributed by atoms with Crippen LogP contribution in [0.25, 0.3) is 11.2 Å². The zero-order chi connectivity index (χ0) is 21.8. The van der Waals surface area contributed by atoms with E-state index in [1.165, 1.54) is 6.33 Å². The summed E-state index contributed by atoms with van der Waals surface area (Å²) in [6.45, 7) is 12.3. The predicted octanol–water partition coefficient (Wildman–Crippen LogP) is 1.17. The molecule has 3 rings (SSSR count). The molecule has 0 radical (unpaired) electrons. The van der Waals surface area contributed by atoms with Gasteiger partial charge >= 0.3 is 0 Å². The number of nitrogens with two attached hydrogens (primary N) is 1. The van der Waals surface area contributed by atoms with Crippen molar-refractivity contribution in [1.82, 2.24) is 19.5 Å². The van der Waals surface area contributed by atoms with Crippen molar-refractivity contribution in [2.45, 2.75) is 69.9 Å². The third-order valence-corrected chi connectivity index (χ3v) is 10.6. The fourth-order valence-electron chi connectivity index (χ4n) is 3.53. The van der Waals surface area contributed by atoms with Gasteiger partial charge in [-0.2, -0.15) is 4.98 Å². The Bertz CT molecular complexity index is 952. The van der Waals surface area contributed by atoms with Crippen LogP contribution in [0.1, 0.15) is 27.7 Å². The summed E-state index contributed by atoms with van der Waals surface area (Å²) < 4.78 is 20.3. The summed E-state index contributed by atoms with van der Waals surface area (Å²) in [5.74, 6) is -0.0207. The molecule has 1 saturated heterocycles. The third-order valence-electron chi connectivity index (χ3n) is 6.16. The van der Waals surface area contributed by atoms with E-state index in [1.54, 1.807) is 18.6 Å². The maximum atomic E-state index is 12.2. The molecule has 0 aliphatic carbocycles. The van der Waals surface area contributed by atoms with Crippen LogP contribution in [0.4, 0.5) is 5.95 Å². The van der Waals surface area contributed by atoms with Crippen molar-refractivity contribution < 1.29 is 19.0 Å². The molecule has 10 nitrogen and oxygen atoms in total. The van der Waals surface area contributed by atoms with Gasteiger partial charge in [0.25, 0.3) is 5.56 Å². The highest BCUT2D eigenvalue weighted by Crippen LogP contribution is 2.44. The number of nitrogens with one attached hydrogen (secondary N) is 1. The van der Waals surface area contributed by atoms with Crippen LogP contribution in [-0.4, -0.2) is 65.0 Å². The molecule has 11 heteroatoms. The zero-order valence-electron chi connectivity index (χ0n) is 18.0. The number of aromatic nitrogens is 4. The number of methoxy groups -OCH3 is 1. The van der Waals surface area contributed by atoms with Gasteiger partial charge in [0.05, 0.1) is 12.9 Å². The van der Waals surface area contributed by atoms with E-state index in [0.29, 0.717) is 0 Å². The number of H-pyrrole nitrogens is 1. The summed E-state index contributed by atoms with van der Waals surface area (Å²) in [6, 6.07) is 0. The van der Waals surface area contributed by atoms with Crippen LogP contribution in [0.15, 0.2) is 11.1 Å². The largest absolute Gasteiger partial charge is 0.408 e. The Morgan fingerprint density at radius 2 is 2.10 bits per heavy atom. The quantitative estimate of drug-likeness (QED) is 0.607. The SMILES string of the molecule is CO[C@@H]1[C@H](O[Si](C)(C)C(C)(C)C)[C@@H](CO)O[C@@]1(C)n1cnc2c(=O)[nH]c(N)nc21. The number of anilines is 1. The number of ether oxygens (including phenoxy) is 2. The second-order valence-electron chi connectivity index (χ2n) is 9.13. The van der Waals surface area contributed by atoms with Gasteiger partial charge in [-0.25, -0.2) is 4.98 Å². The number of aliphatic hydroxyl groups is 1. The molecule has 0 saturated carbocycles. The lowest BCUT2D eigenvalue weighted by Gasteiger charge is -2.41. The molecule has 0 bridgehead atoms. The Kier molecular flexibility index (Phi) is 5.41. The van der Waals surface area contributed by atoms with Crippen molar-refractivity contribution in [2.75, 3.05) is 19.5 Å². The van der Waals surface area contributed by atoms with E-state index in [4.69, 9.17) is 19.6 Å². The van der Waals surface area contributed by atoms with Crippen molar-refractivity contribution in [3.05, 3.63) is 16.7 Å². The zero-order valence-corrected chi connectivity index (χ0v) is 19.0. The maximum Gasteiger partial charge on any atom is 0.280 e. The van der Waals surface area contributed by atoms with Gasteiger partial charge in [-0.3, -0.25) is 14.3 Å². The van der Waals surface area contributed by atoms with Gasteiger partial charge in [0.2, 0.25) is 5.95 Å². The molecule has 1 aliphatic rings. The Balaban J connectivity index is 2.09. The van der Waals surface area contributed by atoms with Gasteiger partial charge in [-0.05, 0) is 25.1 Å². The summed E-state index contributed by atoms with van der Waals surface area (Å²) in [7, 11) is -0.620. The van der Waals surface area contributed by atoms with Crippen molar-refractivity contribution in [2.24, 2.45) is 0 Å². The van der Waals surface area contributed by atoms with Gasteiger partial charge in [0.1, 0.15) is 18.3 Å². The Morgan fingerprint density at radius 1 is 1.45 bits per heavy atom. The number of hydrogen-bond donors (Lipinski definition) is 3. The fraction of sp³-hybridized carbons (Fsp3) is 0.722. The van der Waals surface area contributed by atoms with Crippen molar-refractivity contribution in [1.29, 1.82) is 0 Å². The smallest absolute Gasteiger partial charge is 0.280 e. The summed E-state index contributed by atoms with van der Waals surface area (Å²) in [6.07, 6.45) is -0.223. The lowest BCUT2D eigenvalue weighted by molar-refractivity contribution is -0.140. The average molecular weight is 426 g/mol. The van der Waals surface area contributed by atoms with Crippen LogP contribution in [0.3, 0.4) is 0 Å². The van der Waals surface area contributed by atoms with Crippen molar-refractivity contribution in [3.63, 3.8) is 0 Å². The summed E-state index contributed by atoms with van der Waals surface area (Å²) in [4.78, 5) is 23.0. The minimum atomic E-state index is -2.19. The minimum absolute atomic E-state index is 0.0207. The van der Waals surface area contributed by atoms with E-state index in [1.807, 2.05) is 0 Å². The average Bonchev–Trinajstić information content (AvgIpc) is 3.13. The van der Waals surface area contributed by atoms with E-state index in [-0.39, 0.29) is 28.8 Å². The predicted molar refractivity (Wildman–Crippen MR) is 111 cm³/mol. The number of fused-ring (bicyclic) bond motifs is 1. The Labute approximate surface area is 170 Å². The van der Waals surface area contributed by atoms with E-state index in [0.717, 1.165) is 0 Å². The van der Waals surface area contributed by atoms with Crippen molar-refractivity contribution in [3.8, 4) is 0 Å². The van der Waals surface area contributed by atoms with E-state index in [2.05, 4.69) is 48.8 Å². The first kappa shape index (κ1) is 21.9. The van der Waals surface area contributed by atoms with E-state index in [9.17, 15) is 9.90 Å². The maximum absolute atomic E-state index is 12.2. The van der Waals surface area contributed by atoms with Gasteiger partial charge in [-0.15, -0.1) is 0 Å². The third kappa shape index (κ3) is 3.50. The summed E-state index contributed by atoms with van der Waals surface area (Å²) in [5.41, 5.74) is 4.61. The van der Waals surface area contributed by atoms with Crippen molar-refractivity contribution >= 4 is 25.4 Å². The number of rotatable bonds is 5. The summed E-state index contributed by atoms with van der Waals surface area (Å²) >= 11 is 0. The van der Waals surface area contributed by atoms with Crippen LogP contribution in [0.2, 0.25) is 18.1 Å². The van der Waals surface area contributed by atoms with Gasteiger partial charge in [0, 0.05) is 7.11 Å². The molecule has 0 unspecified atom stereocenters. The first-order valence-corrected chi connectivity index (χ1v) is 12.5. The first-order valence-electron chi connectivity index (χ1n) is 9.58. The number of aliphatic hydroxyl groups excluding tert-OH is 1. The van der Waals surface area contributed by atoms with Crippen LogP contribution in [0.5, 0.6) is 0 Å². The number of imidazole rings is 1. The second-order valence-corrected chi connectivity index (χ2v) is 13.9. The van der Waals surface area contributed by atoms with E-state index >= 15 is 0 Å². The first-order chi connectivity index (χ1) is 13.4. The minimum Gasteiger partial charge on any atom is -0.408 e. The van der Waals surface area contributed by atoms with Gasteiger partial charge < -0.3 is 24.7 Å². The number of nitrogen functional groups attached to an aromatic ring is 1. The molecule has 4 N–H and O–H groups in total. The Morgan fingerprint density at radius 3 is 2.66 bits per heavy atom. The normalized spacial score (nSPS) is 28.3. The highest BCUT2D eigenvalue weighted by atomic mass is 28.4. The molecule has 0 aromatic carbocycles. The van der Waals surface area contributed by atoms with Crippen LogP contribution >= 0.6 is 0 Å². The van der Waals surface area contributed by atoms with E-state index < -0.39 is 37.9 Å². The second kappa shape index (κ2) is 7.17. The molecular weight excluding hydrogens is 394 g/mol. The standard InChI is InChI=1S/C18H31N5O5Si/c1-17(2,3)29(6,7)28-12-10(8-24)27-18(4,13(12)26-5)23-9-20-11-14(23)21-16(19)22-15(11)25/h9-10,12-13,24H,8H2,1-7H3,(H3,19,21,22,25)/t10-,12-,13-,18-/m1/s1. The number of nitrogens with zero attached hydrogens (tertiary/aromatic N) is 3. The Hall–Kier alpha value is -1.79. The molecule has 4 atom stereocenters. The van der Waals surface area contributed by atoms with Gasteiger partial charge in [0.15, 0.2) is 25.2 Å². The number of hydrogen-bond acceptors (Lipinski definition) is 8. The molecule has 1 aliphatic heterocycles. The highest BCUT2D eigenvalue weighted by molar-refractivity contribution is 6.74. The lowest BCUT2D eigenvalue weighted by Crippen LogP contribution is -2.52. The monoisotopic (exact) mass is 425 g/mol. The van der Waals surface area contributed by atoms with Crippen LogP contribution < -0.4 is 11.3 Å². The molecule has 0 spiro atoms. The fourth-order valence-corrected chi connectivity index (χ4v) is 4.84. The summed E-state index contributed by atoms with van der Waals surface area (Å²) in [5, 5.41) is 9.99. The lowest BCUT2D eigenvalue weighted by atomic mass is 10.0. The van der Waals surface area contributed by atoms with Crippen LogP contribution in [0, 0.1) is 0 Å². The molecule has 1 fully saturated rings. The molecule has 29 heavy (non-hydrogen) atoms. The molecule has 0 amide bonds. The molecule has 162 valence electrons. The molecule has 2 aromatic rings. The number of aromatic amines is 1. The topological polar surface area (TPSA) is 138 Å². The molecular formula is C18H31N5O5Si.